The van der Waals surface area contributed by atoms with E-state index in [9.17, 15) is 14.4 Å². The highest BCUT2D eigenvalue weighted by Crippen LogP contribution is 2.77. The van der Waals surface area contributed by atoms with Gasteiger partial charge < -0.3 is 9.47 Å². The summed E-state index contributed by atoms with van der Waals surface area (Å²) in [6.45, 7) is 20.2. The van der Waals surface area contributed by atoms with E-state index >= 15 is 0 Å². The lowest BCUT2D eigenvalue weighted by atomic mass is 9.32. The molecule has 0 bridgehead atoms. The van der Waals surface area contributed by atoms with Crippen molar-refractivity contribution in [2.75, 3.05) is 13.2 Å². The van der Waals surface area contributed by atoms with Crippen LogP contribution in [0.25, 0.3) is 0 Å². The van der Waals surface area contributed by atoms with Gasteiger partial charge in [0.1, 0.15) is 12.4 Å². The van der Waals surface area contributed by atoms with E-state index in [1.807, 2.05) is 0 Å². The Bertz CT molecular complexity index is 1060. The topological polar surface area (TPSA) is 69.7 Å². The molecule has 39 heavy (non-hydrogen) atoms. The second-order valence-electron chi connectivity index (χ2n) is 15.4. The van der Waals surface area contributed by atoms with Crippen molar-refractivity contribution in [2.45, 2.75) is 113 Å². The van der Waals surface area contributed by atoms with E-state index in [1.165, 1.54) is 31.8 Å². The highest BCUT2D eigenvalue weighted by atomic mass is 16.5. The van der Waals surface area contributed by atoms with Gasteiger partial charge in [0, 0.05) is 25.7 Å². The molecule has 0 spiro atoms. The van der Waals surface area contributed by atoms with Gasteiger partial charge in [0.05, 0.1) is 12.0 Å². The molecule has 5 fully saturated rings. The monoisotopic (exact) mass is 540 g/mol. The number of hydrogen-bond donors (Lipinski definition) is 0. The summed E-state index contributed by atoms with van der Waals surface area (Å²) < 4.78 is 11.3. The van der Waals surface area contributed by atoms with Crippen LogP contribution >= 0.6 is 0 Å². The lowest BCUT2D eigenvalue weighted by molar-refractivity contribution is -0.240. The molecule has 0 N–H and O–H groups in total. The second-order valence-corrected chi connectivity index (χ2v) is 15.4. The molecular formula is C34H52O5. The number of Topliss-reactive ketones (excluding diaryl/α,β-unsaturated/α-hetero) is 1. The number of esters is 2. The van der Waals surface area contributed by atoms with Crippen LogP contribution in [-0.2, 0) is 23.9 Å². The standard InChI is InChI=1S/C34H52O5/c1-21(2)24-11-16-34(20-39-23(4)36)18-17-32(7)25(29(24)34)9-10-27-30(5)14-13-28(37)31(6,19-38-22(3)35)26(30)12-15-33(27,32)8/h24-27,29H,1,9-20H2,2-8H3/t24-,25+,26+,27+,29+,30-,31-,32+,33+,34+/m0/s1. The van der Waals surface area contributed by atoms with Crippen LogP contribution in [0.15, 0.2) is 12.2 Å². The lowest BCUT2D eigenvalue weighted by Gasteiger charge is -2.72. The Morgan fingerprint density at radius 1 is 0.795 bits per heavy atom. The maximum Gasteiger partial charge on any atom is 0.302 e. The predicted octanol–water partition coefficient (Wildman–Crippen LogP) is 7.32. The number of rotatable bonds is 5. The molecule has 218 valence electrons. The van der Waals surface area contributed by atoms with Crippen molar-refractivity contribution in [3.63, 3.8) is 0 Å². The van der Waals surface area contributed by atoms with Crippen LogP contribution in [0.5, 0.6) is 0 Å². The second kappa shape index (κ2) is 9.44. The van der Waals surface area contributed by atoms with Crippen molar-refractivity contribution in [2.24, 2.45) is 56.7 Å². The number of carbonyl (C=O) groups excluding carboxylic acids is 3. The maximum absolute atomic E-state index is 13.4. The van der Waals surface area contributed by atoms with Gasteiger partial charge in [-0.2, -0.15) is 0 Å². The molecule has 5 aliphatic carbocycles. The fraction of sp³-hybridized carbons (Fsp3) is 0.853. The van der Waals surface area contributed by atoms with E-state index in [1.54, 1.807) is 6.92 Å². The highest BCUT2D eigenvalue weighted by molar-refractivity contribution is 5.86. The fourth-order valence-electron chi connectivity index (χ4n) is 11.8. The number of carbonyl (C=O) groups is 3. The fourth-order valence-corrected chi connectivity index (χ4v) is 11.8. The van der Waals surface area contributed by atoms with Crippen LogP contribution < -0.4 is 0 Å². The first-order valence-corrected chi connectivity index (χ1v) is 15.6. The Morgan fingerprint density at radius 2 is 1.46 bits per heavy atom. The first kappa shape index (κ1) is 28.9. The third kappa shape index (κ3) is 4.02. The van der Waals surface area contributed by atoms with Crippen LogP contribution in [0.3, 0.4) is 0 Å². The third-order valence-electron chi connectivity index (χ3n) is 13.9. The van der Waals surface area contributed by atoms with E-state index in [4.69, 9.17) is 9.47 Å². The van der Waals surface area contributed by atoms with E-state index in [0.29, 0.717) is 36.7 Å². The van der Waals surface area contributed by atoms with E-state index < -0.39 is 5.41 Å². The minimum Gasteiger partial charge on any atom is -0.465 e. The molecule has 0 aromatic rings. The minimum atomic E-state index is -0.597. The zero-order valence-corrected chi connectivity index (χ0v) is 25.6. The summed E-state index contributed by atoms with van der Waals surface area (Å²) in [7, 11) is 0. The lowest BCUT2D eigenvalue weighted by Crippen LogP contribution is -2.67. The van der Waals surface area contributed by atoms with Crippen molar-refractivity contribution in [3.8, 4) is 0 Å². The van der Waals surface area contributed by atoms with Gasteiger partial charge in [-0.1, -0.05) is 32.9 Å². The molecule has 0 radical (unpaired) electrons. The van der Waals surface area contributed by atoms with Crippen molar-refractivity contribution in [1.29, 1.82) is 0 Å². The number of ketones is 1. The molecule has 5 nitrogen and oxygen atoms in total. The summed E-state index contributed by atoms with van der Waals surface area (Å²) in [5, 5.41) is 0. The van der Waals surface area contributed by atoms with Crippen LogP contribution in [0.2, 0.25) is 0 Å². The average molecular weight is 541 g/mol. The average Bonchev–Trinajstić information content (AvgIpc) is 3.25. The van der Waals surface area contributed by atoms with Gasteiger partial charge in [-0.3, -0.25) is 14.4 Å². The molecule has 0 aliphatic heterocycles. The summed E-state index contributed by atoms with van der Waals surface area (Å²) in [5.41, 5.74) is 1.20. The molecule has 5 rings (SSSR count). The van der Waals surface area contributed by atoms with Crippen molar-refractivity contribution in [1.82, 2.24) is 0 Å². The summed E-state index contributed by atoms with van der Waals surface area (Å²) in [6.07, 6.45) is 10.6. The Hall–Kier alpha value is -1.65. The number of allylic oxidation sites excluding steroid dienone is 1. The van der Waals surface area contributed by atoms with Crippen molar-refractivity contribution in [3.05, 3.63) is 12.2 Å². The molecule has 0 aromatic heterocycles. The Labute approximate surface area is 236 Å². The molecule has 5 aliphatic rings. The molecule has 0 saturated heterocycles. The van der Waals surface area contributed by atoms with Crippen LogP contribution in [0, 0.1) is 56.7 Å². The summed E-state index contributed by atoms with van der Waals surface area (Å²) >= 11 is 0. The summed E-state index contributed by atoms with van der Waals surface area (Å²) in [5.74, 6) is 2.19. The molecule has 10 atom stereocenters. The van der Waals surface area contributed by atoms with Gasteiger partial charge in [-0.05, 0) is 117 Å². The van der Waals surface area contributed by atoms with Crippen LogP contribution in [0.4, 0.5) is 0 Å². The molecule has 0 aromatic carbocycles. The Morgan fingerprint density at radius 3 is 2.10 bits per heavy atom. The van der Waals surface area contributed by atoms with Crippen molar-refractivity contribution < 1.29 is 23.9 Å². The van der Waals surface area contributed by atoms with Crippen molar-refractivity contribution >= 4 is 17.7 Å². The maximum atomic E-state index is 13.4. The van der Waals surface area contributed by atoms with Gasteiger partial charge in [0.15, 0.2) is 0 Å². The van der Waals surface area contributed by atoms with Gasteiger partial charge >= 0.3 is 11.9 Å². The predicted molar refractivity (Wildman–Crippen MR) is 152 cm³/mol. The highest BCUT2D eigenvalue weighted by Gasteiger charge is 2.71. The van der Waals surface area contributed by atoms with E-state index in [0.717, 1.165) is 38.5 Å². The van der Waals surface area contributed by atoms with Gasteiger partial charge in [0.2, 0.25) is 0 Å². The number of fused-ring (bicyclic) bond motifs is 7. The number of ether oxygens (including phenoxy) is 2. The summed E-state index contributed by atoms with van der Waals surface area (Å²) in [6, 6.07) is 0. The molecule has 5 saturated carbocycles. The Kier molecular flexibility index (Phi) is 6.99. The SMILES string of the molecule is C=C(C)[C@@H]1CC[C@]2(COC(C)=O)CC[C@]3(C)[C@H](CC[C@@H]4[C@@]5(C)CCC(=O)[C@@](C)(COC(C)=O)[C@@H]5CC[C@]43C)[C@@H]12. The molecule has 5 heteroatoms. The zero-order chi connectivity index (χ0) is 28.6. The zero-order valence-electron chi connectivity index (χ0n) is 25.6. The van der Waals surface area contributed by atoms with Gasteiger partial charge in [-0.15, -0.1) is 0 Å². The number of hydrogen-bond acceptors (Lipinski definition) is 5. The minimum absolute atomic E-state index is 0.0551. The van der Waals surface area contributed by atoms with Gasteiger partial charge in [-0.25, -0.2) is 0 Å². The first-order valence-electron chi connectivity index (χ1n) is 15.6. The molecule has 0 amide bonds. The van der Waals surface area contributed by atoms with E-state index in [2.05, 4.69) is 41.2 Å². The smallest absolute Gasteiger partial charge is 0.302 e. The van der Waals surface area contributed by atoms with Crippen LogP contribution in [-0.4, -0.2) is 30.9 Å². The third-order valence-corrected chi connectivity index (χ3v) is 13.9. The first-order chi connectivity index (χ1) is 18.1. The normalized spacial score (nSPS) is 48.7. The molecule has 0 heterocycles. The largest absolute Gasteiger partial charge is 0.465 e. The van der Waals surface area contributed by atoms with Gasteiger partial charge in [0.25, 0.3) is 0 Å². The van der Waals surface area contributed by atoms with Crippen LogP contribution in [0.1, 0.15) is 113 Å². The Balaban J connectivity index is 1.51. The summed E-state index contributed by atoms with van der Waals surface area (Å²) in [4.78, 5) is 37.1. The molecular weight excluding hydrogens is 488 g/mol. The molecule has 0 unspecified atom stereocenters. The van der Waals surface area contributed by atoms with E-state index in [-0.39, 0.29) is 51.9 Å². The quantitative estimate of drug-likeness (QED) is 0.270.